The summed E-state index contributed by atoms with van der Waals surface area (Å²) in [6.07, 6.45) is 1.66. The summed E-state index contributed by atoms with van der Waals surface area (Å²) in [6.45, 7) is 2.45. The van der Waals surface area contributed by atoms with Gasteiger partial charge >= 0.3 is 0 Å². The minimum absolute atomic E-state index is 0.257. The van der Waals surface area contributed by atoms with Crippen molar-refractivity contribution in [2.45, 2.75) is 11.4 Å². The van der Waals surface area contributed by atoms with Crippen LogP contribution in [0.25, 0.3) is 10.6 Å². The maximum atomic E-state index is 13.7. The minimum Gasteiger partial charge on any atom is -0.368 e. The number of piperazine rings is 1. The molecule has 170 valence electrons. The third-order valence-corrected chi connectivity index (χ3v) is 8.82. The molecule has 33 heavy (non-hydrogen) atoms. The van der Waals surface area contributed by atoms with E-state index >= 15 is 0 Å². The lowest BCUT2D eigenvalue weighted by molar-refractivity contribution is 0.385. The highest BCUT2D eigenvalue weighted by Crippen LogP contribution is 2.33. The van der Waals surface area contributed by atoms with E-state index in [9.17, 15) is 8.42 Å². The van der Waals surface area contributed by atoms with Crippen molar-refractivity contribution >= 4 is 38.6 Å². The fourth-order valence-electron chi connectivity index (χ4n) is 4.04. The van der Waals surface area contributed by atoms with Gasteiger partial charge < -0.3 is 4.90 Å². The van der Waals surface area contributed by atoms with Gasteiger partial charge in [0.05, 0.1) is 22.1 Å². The lowest BCUT2D eigenvalue weighted by Gasteiger charge is -2.35. The van der Waals surface area contributed by atoms with Crippen molar-refractivity contribution in [1.29, 1.82) is 0 Å². The number of aromatic nitrogens is 2. The number of hydrogen-bond donors (Lipinski definition) is 0. The number of rotatable bonds is 6. The van der Waals surface area contributed by atoms with E-state index in [1.807, 2.05) is 72.1 Å². The standard InChI is InChI=1S/C24H23ClN4O2S2/c25-20-9-4-5-10-21(20)27-12-14-29(15-13-27)33(30,31)23-18-28(17-19-7-2-1-3-8-19)26-24(23)22-11-6-16-32-22/h1-11,16,18H,12-15,17H2. The molecule has 2 aromatic heterocycles. The van der Waals surface area contributed by atoms with E-state index in [1.54, 1.807) is 15.2 Å². The summed E-state index contributed by atoms with van der Waals surface area (Å²) in [5, 5.41) is 7.29. The summed E-state index contributed by atoms with van der Waals surface area (Å²) in [5.41, 5.74) is 2.51. The zero-order valence-electron chi connectivity index (χ0n) is 17.8. The molecule has 9 heteroatoms. The fourth-order valence-corrected chi connectivity index (χ4v) is 6.66. The van der Waals surface area contributed by atoms with Crippen molar-refractivity contribution in [3.8, 4) is 10.6 Å². The molecular weight excluding hydrogens is 476 g/mol. The number of anilines is 1. The van der Waals surface area contributed by atoms with Crippen molar-refractivity contribution in [3.05, 3.63) is 88.9 Å². The molecule has 0 amide bonds. The smallest absolute Gasteiger partial charge is 0.246 e. The van der Waals surface area contributed by atoms with Crippen LogP contribution < -0.4 is 4.90 Å². The van der Waals surface area contributed by atoms with Crippen LogP contribution in [0.1, 0.15) is 5.56 Å². The van der Waals surface area contributed by atoms with Crippen LogP contribution in [0.4, 0.5) is 5.69 Å². The SMILES string of the molecule is O=S(=O)(c1cn(Cc2ccccc2)nc1-c1cccs1)N1CCN(c2ccccc2Cl)CC1. The van der Waals surface area contributed by atoms with Gasteiger partial charge in [0.15, 0.2) is 0 Å². The summed E-state index contributed by atoms with van der Waals surface area (Å²) in [4.78, 5) is 3.23. The number of benzene rings is 2. The van der Waals surface area contributed by atoms with Crippen LogP contribution in [0.2, 0.25) is 5.02 Å². The maximum absolute atomic E-state index is 13.7. The van der Waals surface area contributed by atoms with E-state index in [-0.39, 0.29) is 4.90 Å². The highest BCUT2D eigenvalue weighted by Gasteiger charge is 2.33. The minimum atomic E-state index is -3.71. The van der Waals surface area contributed by atoms with Gasteiger partial charge in [-0.25, -0.2) is 8.42 Å². The Morgan fingerprint density at radius 3 is 2.33 bits per heavy atom. The fraction of sp³-hybridized carbons (Fsp3) is 0.208. The molecule has 0 saturated carbocycles. The third kappa shape index (κ3) is 4.56. The monoisotopic (exact) mass is 498 g/mol. The molecule has 0 atom stereocenters. The lowest BCUT2D eigenvalue weighted by Crippen LogP contribution is -2.48. The molecule has 0 spiro atoms. The molecule has 0 unspecified atom stereocenters. The van der Waals surface area contributed by atoms with Gasteiger partial charge in [0.25, 0.3) is 0 Å². The Labute approximate surface area is 202 Å². The molecule has 1 aliphatic heterocycles. The van der Waals surface area contributed by atoms with Crippen molar-refractivity contribution in [2.75, 3.05) is 31.1 Å². The van der Waals surface area contributed by atoms with Crippen LogP contribution >= 0.6 is 22.9 Å². The molecule has 0 bridgehead atoms. The zero-order valence-corrected chi connectivity index (χ0v) is 20.2. The molecule has 1 saturated heterocycles. The van der Waals surface area contributed by atoms with Gasteiger partial charge in [0.2, 0.25) is 10.0 Å². The molecule has 1 aliphatic rings. The third-order valence-electron chi connectivity index (χ3n) is 5.72. The second kappa shape index (κ2) is 9.30. The first-order chi connectivity index (χ1) is 16.0. The Bertz CT molecular complexity index is 1330. The van der Waals surface area contributed by atoms with Gasteiger partial charge in [0, 0.05) is 32.4 Å². The molecule has 1 fully saturated rings. The lowest BCUT2D eigenvalue weighted by atomic mass is 10.2. The molecule has 2 aromatic carbocycles. The van der Waals surface area contributed by atoms with Crippen molar-refractivity contribution in [2.24, 2.45) is 0 Å². The first-order valence-electron chi connectivity index (χ1n) is 10.7. The molecule has 3 heterocycles. The number of thiophene rings is 1. The van der Waals surface area contributed by atoms with Crippen molar-refractivity contribution in [1.82, 2.24) is 14.1 Å². The van der Waals surface area contributed by atoms with Gasteiger partial charge in [-0.2, -0.15) is 9.40 Å². The molecule has 4 aromatic rings. The normalized spacial score (nSPS) is 15.1. The number of halogens is 1. The summed E-state index contributed by atoms with van der Waals surface area (Å²) in [6, 6.07) is 21.4. The van der Waals surface area contributed by atoms with E-state index in [1.165, 1.54) is 11.3 Å². The molecular formula is C24H23ClN4O2S2. The van der Waals surface area contributed by atoms with E-state index in [0.29, 0.717) is 43.4 Å². The van der Waals surface area contributed by atoms with Crippen LogP contribution in [0.5, 0.6) is 0 Å². The number of hydrogen-bond acceptors (Lipinski definition) is 5. The predicted molar refractivity (Wildman–Crippen MR) is 134 cm³/mol. The first-order valence-corrected chi connectivity index (χ1v) is 13.4. The van der Waals surface area contributed by atoms with Gasteiger partial charge in [0.1, 0.15) is 10.6 Å². The van der Waals surface area contributed by atoms with Gasteiger partial charge in [-0.15, -0.1) is 11.3 Å². The summed E-state index contributed by atoms with van der Waals surface area (Å²) in [5.74, 6) is 0. The number of sulfonamides is 1. The van der Waals surface area contributed by atoms with Gasteiger partial charge in [-0.3, -0.25) is 4.68 Å². The highest BCUT2D eigenvalue weighted by atomic mass is 35.5. The van der Waals surface area contributed by atoms with Crippen molar-refractivity contribution in [3.63, 3.8) is 0 Å². The average molecular weight is 499 g/mol. The summed E-state index contributed by atoms with van der Waals surface area (Å²) >= 11 is 7.83. The van der Waals surface area contributed by atoms with E-state index in [0.717, 1.165) is 16.1 Å². The van der Waals surface area contributed by atoms with Crippen LogP contribution in [0.3, 0.4) is 0 Å². The largest absolute Gasteiger partial charge is 0.368 e. The molecule has 0 N–H and O–H groups in total. The first kappa shape index (κ1) is 22.2. The van der Waals surface area contributed by atoms with Crippen LogP contribution in [0.15, 0.2) is 83.2 Å². The Kier molecular flexibility index (Phi) is 6.25. The Hall–Kier alpha value is -2.65. The van der Waals surface area contributed by atoms with Gasteiger partial charge in [-0.05, 0) is 29.1 Å². The highest BCUT2D eigenvalue weighted by molar-refractivity contribution is 7.89. The Morgan fingerprint density at radius 1 is 0.909 bits per heavy atom. The number of nitrogens with zero attached hydrogens (tertiary/aromatic N) is 4. The van der Waals surface area contributed by atoms with E-state index in [4.69, 9.17) is 11.6 Å². The van der Waals surface area contributed by atoms with Crippen LogP contribution in [0, 0.1) is 0 Å². The van der Waals surface area contributed by atoms with E-state index < -0.39 is 10.0 Å². The van der Waals surface area contributed by atoms with Crippen LogP contribution in [-0.2, 0) is 16.6 Å². The van der Waals surface area contributed by atoms with Gasteiger partial charge in [-0.1, -0.05) is 60.1 Å². The van der Waals surface area contributed by atoms with Crippen molar-refractivity contribution < 1.29 is 8.42 Å². The quantitative estimate of drug-likeness (QED) is 0.382. The summed E-state index contributed by atoms with van der Waals surface area (Å²) in [7, 11) is -3.71. The Balaban J connectivity index is 1.42. The zero-order chi connectivity index (χ0) is 22.8. The topological polar surface area (TPSA) is 58.4 Å². The summed E-state index contributed by atoms with van der Waals surface area (Å²) < 4.78 is 30.7. The molecule has 0 radical (unpaired) electrons. The van der Waals surface area contributed by atoms with E-state index in [2.05, 4.69) is 10.00 Å². The second-order valence-corrected chi connectivity index (χ2v) is 11.1. The molecule has 0 aliphatic carbocycles. The average Bonchev–Trinajstić information content (AvgIpc) is 3.51. The molecule has 6 nitrogen and oxygen atoms in total. The maximum Gasteiger partial charge on any atom is 0.246 e. The second-order valence-electron chi connectivity index (χ2n) is 7.84. The molecule has 5 rings (SSSR count). The Morgan fingerprint density at radius 2 is 1.64 bits per heavy atom. The number of para-hydroxylation sites is 1. The predicted octanol–water partition coefficient (Wildman–Crippen LogP) is 4.82. The van der Waals surface area contributed by atoms with Crippen LogP contribution in [-0.4, -0.2) is 48.7 Å².